The van der Waals surface area contributed by atoms with Crippen molar-refractivity contribution in [3.63, 3.8) is 0 Å². The molecule has 1 aromatic carbocycles. The highest BCUT2D eigenvalue weighted by Crippen LogP contribution is 2.24. The number of rotatable bonds is 1. The first-order chi connectivity index (χ1) is 7.48. The number of primary sulfonamides is 1. The number of sulfonamides is 1. The van der Waals surface area contributed by atoms with Gasteiger partial charge in [-0.15, -0.1) is 0 Å². The lowest BCUT2D eigenvalue weighted by atomic mass is 10.2. The summed E-state index contributed by atoms with van der Waals surface area (Å²) in [6.45, 7) is 0. The van der Waals surface area contributed by atoms with Gasteiger partial charge in [0.15, 0.2) is 5.25 Å². The molecule has 0 bridgehead atoms. The molecular formula is C10H9NO4S. The number of ether oxygens (including phenoxy) is 1. The van der Waals surface area contributed by atoms with Crippen molar-refractivity contribution in [3.05, 3.63) is 35.9 Å². The lowest BCUT2D eigenvalue weighted by Crippen LogP contribution is -2.36. The molecule has 0 spiro atoms. The Hall–Kier alpha value is -1.66. The predicted molar refractivity (Wildman–Crippen MR) is 58.0 cm³/mol. The summed E-state index contributed by atoms with van der Waals surface area (Å²) in [6, 6.07) is 6.75. The van der Waals surface area contributed by atoms with Crippen molar-refractivity contribution in [1.29, 1.82) is 0 Å². The Bertz CT molecular complexity index is 562. The van der Waals surface area contributed by atoms with E-state index in [9.17, 15) is 13.2 Å². The second-order valence-corrected chi connectivity index (χ2v) is 5.01. The number of para-hydroxylation sites is 1. The van der Waals surface area contributed by atoms with E-state index in [4.69, 9.17) is 9.88 Å². The molecule has 0 amide bonds. The van der Waals surface area contributed by atoms with Gasteiger partial charge in [0.25, 0.3) is 0 Å². The fraction of sp³-hybridized carbons (Fsp3) is 0.100. The van der Waals surface area contributed by atoms with Crippen molar-refractivity contribution in [2.45, 2.75) is 5.25 Å². The zero-order valence-corrected chi connectivity index (χ0v) is 8.98. The van der Waals surface area contributed by atoms with E-state index < -0.39 is 21.2 Å². The molecule has 1 aliphatic heterocycles. The highest BCUT2D eigenvalue weighted by atomic mass is 32.2. The van der Waals surface area contributed by atoms with Crippen molar-refractivity contribution < 1.29 is 17.9 Å². The largest absolute Gasteiger partial charge is 0.425 e. The summed E-state index contributed by atoms with van der Waals surface area (Å²) in [5, 5.41) is 3.48. The molecule has 1 aromatic rings. The third-order valence-corrected chi connectivity index (χ3v) is 3.22. The van der Waals surface area contributed by atoms with Crippen LogP contribution in [0.4, 0.5) is 0 Å². The summed E-state index contributed by atoms with van der Waals surface area (Å²) in [6.07, 6.45) is 2.73. The second-order valence-electron chi connectivity index (χ2n) is 3.33. The Balaban J connectivity index is 2.47. The van der Waals surface area contributed by atoms with Crippen LogP contribution in [0.3, 0.4) is 0 Å². The normalized spacial score (nSPS) is 19.8. The van der Waals surface area contributed by atoms with Crippen molar-refractivity contribution in [2.75, 3.05) is 0 Å². The van der Waals surface area contributed by atoms with E-state index in [2.05, 4.69) is 0 Å². The molecule has 1 aliphatic rings. The van der Waals surface area contributed by atoms with E-state index in [1.165, 1.54) is 12.2 Å². The molecule has 0 saturated carbocycles. The molecule has 0 aliphatic carbocycles. The van der Waals surface area contributed by atoms with Crippen molar-refractivity contribution >= 4 is 22.1 Å². The van der Waals surface area contributed by atoms with Gasteiger partial charge in [0, 0.05) is 5.56 Å². The number of carbonyl (C=O) groups is 1. The van der Waals surface area contributed by atoms with Crippen molar-refractivity contribution in [1.82, 2.24) is 0 Å². The molecular weight excluding hydrogens is 230 g/mol. The van der Waals surface area contributed by atoms with Gasteiger partial charge in [-0.05, 0) is 6.07 Å². The molecule has 5 nitrogen and oxygen atoms in total. The third-order valence-electron chi connectivity index (χ3n) is 2.17. The van der Waals surface area contributed by atoms with Crippen LogP contribution in [-0.2, 0) is 14.8 Å². The van der Waals surface area contributed by atoms with Crippen LogP contribution in [0, 0.1) is 0 Å². The van der Waals surface area contributed by atoms with Gasteiger partial charge >= 0.3 is 5.97 Å². The van der Waals surface area contributed by atoms with Gasteiger partial charge in [0.1, 0.15) is 5.75 Å². The fourth-order valence-corrected chi connectivity index (χ4v) is 2.00. The van der Waals surface area contributed by atoms with Crippen LogP contribution in [0.1, 0.15) is 5.56 Å². The minimum atomic E-state index is -3.98. The third kappa shape index (κ3) is 1.98. The standard InChI is InChI=1S/C10H9NO4S/c11-16(13,14)9-6-5-7-3-1-2-4-8(7)15-10(9)12/h1-6,9H,(H2,11,13,14). The van der Waals surface area contributed by atoms with Crippen molar-refractivity contribution in [3.8, 4) is 5.75 Å². The number of hydrogen-bond acceptors (Lipinski definition) is 4. The monoisotopic (exact) mass is 239 g/mol. The van der Waals surface area contributed by atoms with Gasteiger partial charge in [0.2, 0.25) is 10.0 Å². The maximum absolute atomic E-state index is 11.5. The molecule has 2 N–H and O–H groups in total. The van der Waals surface area contributed by atoms with Crippen LogP contribution in [0.15, 0.2) is 30.3 Å². The molecule has 1 heterocycles. The summed E-state index contributed by atoms with van der Waals surface area (Å²) in [4.78, 5) is 11.5. The lowest BCUT2D eigenvalue weighted by Gasteiger charge is -2.07. The van der Waals surface area contributed by atoms with E-state index in [-0.39, 0.29) is 0 Å². The van der Waals surface area contributed by atoms with E-state index in [1.54, 1.807) is 24.3 Å². The van der Waals surface area contributed by atoms with Crippen LogP contribution >= 0.6 is 0 Å². The van der Waals surface area contributed by atoms with Crippen LogP contribution < -0.4 is 9.88 Å². The quantitative estimate of drug-likeness (QED) is 0.563. The molecule has 84 valence electrons. The first kappa shape index (κ1) is 10.8. The molecule has 0 radical (unpaired) electrons. The van der Waals surface area contributed by atoms with E-state index in [0.29, 0.717) is 11.3 Å². The molecule has 0 fully saturated rings. The molecule has 1 unspecified atom stereocenters. The minimum absolute atomic E-state index is 0.329. The zero-order valence-electron chi connectivity index (χ0n) is 8.16. The van der Waals surface area contributed by atoms with Crippen LogP contribution in [0.2, 0.25) is 0 Å². The Kier molecular flexibility index (Phi) is 2.53. The molecule has 6 heteroatoms. The van der Waals surface area contributed by atoms with Crippen LogP contribution in [0.5, 0.6) is 5.75 Å². The van der Waals surface area contributed by atoms with Crippen LogP contribution in [-0.4, -0.2) is 19.6 Å². The molecule has 16 heavy (non-hydrogen) atoms. The number of esters is 1. The summed E-state index contributed by atoms with van der Waals surface area (Å²) in [5.74, 6) is -0.557. The summed E-state index contributed by atoms with van der Waals surface area (Å²) >= 11 is 0. The average molecular weight is 239 g/mol. The lowest BCUT2D eigenvalue weighted by molar-refractivity contribution is -0.132. The Morgan fingerprint density at radius 3 is 2.62 bits per heavy atom. The van der Waals surface area contributed by atoms with Gasteiger partial charge in [0.05, 0.1) is 0 Å². The highest BCUT2D eigenvalue weighted by Gasteiger charge is 2.31. The number of hydrogen-bond donors (Lipinski definition) is 1. The fourth-order valence-electron chi connectivity index (χ4n) is 1.39. The zero-order chi connectivity index (χ0) is 11.8. The van der Waals surface area contributed by atoms with Gasteiger partial charge < -0.3 is 4.74 Å². The van der Waals surface area contributed by atoms with E-state index >= 15 is 0 Å². The molecule has 0 saturated heterocycles. The smallest absolute Gasteiger partial charge is 0.335 e. The maximum atomic E-state index is 11.5. The van der Waals surface area contributed by atoms with Gasteiger partial charge in [-0.3, -0.25) is 0 Å². The average Bonchev–Trinajstić information content (AvgIpc) is 2.34. The number of fused-ring (bicyclic) bond motifs is 1. The van der Waals surface area contributed by atoms with E-state index in [0.717, 1.165) is 0 Å². The van der Waals surface area contributed by atoms with Crippen molar-refractivity contribution in [2.24, 2.45) is 5.14 Å². The highest BCUT2D eigenvalue weighted by molar-refractivity contribution is 7.90. The number of benzene rings is 1. The number of nitrogens with two attached hydrogens (primary N) is 1. The number of carbonyl (C=O) groups excluding carboxylic acids is 1. The molecule has 2 rings (SSSR count). The van der Waals surface area contributed by atoms with Gasteiger partial charge in [-0.25, -0.2) is 18.4 Å². The second kappa shape index (κ2) is 3.73. The topological polar surface area (TPSA) is 86.5 Å². The minimum Gasteiger partial charge on any atom is -0.425 e. The molecule has 0 aromatic heterocycles. The van der Waals surface area contributed by atoms with Gasteiger partial charge in [-0.2, -0.15) is 0 Å². The van der Waals surface area contributed by atoms with Gasteiger partial charge in [-0.1, -0.05) is 30.4 Å². The molecule has 1 atom stereocenters. The Morgan fingerprint density at radius 2 is 1.94 bits per heavy atom. The summed E-state index contributed by atoms with van der Waals surface area (Å²) in [7, 11) is -3.98. The van der Waals surface area contributed by atoms with E-state index in [1.807, 2.05) is 0 Å². The SMILES string of the molecule is NS(=O)(=O)C1C=Cc2ccccc2OC1=O. The first-order valence-corrected chi connectivity index (χ1v) is 6.10. The summed E-state index contributed by atoms with van der Waals surface area (Å²) < 4.78 is 27.2. The Morgan fingerprint density at radius 1 is 1.25 bits per heavy atom. The predicted octanol–water partition coefficient (Wildman–Crippen LogP) is 0.276. The summed E-state index contributed by atoms with van der Waals surface area (Å²) in [5.41, 5.74) is 0.641. The first-order valence-electron chi connectivity index (χ1n) is 4.49. The maximum Gasteiger partial charge on any atom is 0.335 e. The van der Waals surface area contributed by atoms with Crippen LogP contribution in [0.25, 0.3) is 6.08 Å². The Labute approximate surface area is 92.6 Å².